The molecule has 0 aliphatic carbocycles. The first-order valence-corrected chi connectivity index (χ1v) is 10.0. The number of amides is 2. The van der Waals surface area contributed by atoms with Gasteiger partial charge in [0.1, 0.15) is 11.9 Å². The molecule has 29 heavy (non-hydrogen) atoms. The van der Waals surface area contributed by atoms with E-state index in [0.29, 0.717) is 12.1 Å². The number of rotatable bonds is 5. The highest BCUT2D eigenvalue weighted by molar-refractivity contribution is 5.94. The Morgan fingerprint density at radius 1 is 1.31 bits per heavy atom. The molecule has 1 aromatic carbocycles. The predicted molar refractivity (Wildman–Crippen MR) is 110 cm³/mol. The van der Waals surface area contributed by atoms with Crippen molar-refractivity contribution in [3.8, 4) is 16.9 Å². The van der Waals surface area contributed by atoms with Crippen LogP contribution in [0.15, 0.2) is 36.7 Å². The number of pyridine rings is 1. The fourth-order valence-corrected chi connectivity index (χ4v) is 4.14. The molecule has 0 bridgehead atoms. The molecule has 1 fully saturated rings. The zero-order valence-electron chi connectivity index (χ0n) is 16.6. The molecule has 7 heteroatoms. The van der Waals surface area contributed by atoms with E-state index in [1.54, 1.807) is 12.3 Å². The highest BCUT2D eigenvalue weighted by Crippen LogP contribution is 2.38. The zero-order valence-corrected chi connectivity index (χ0v) is 16.6. The van der Waals surface area contributed by atoms with Crippen molar-refractivity contribution in [2.75, 3.05) is 20.1 Å². The topological polar surface area (TPSA) is 97.5 Å². The number of nitrogens with two attached hydrogens (primary N) is 1. The van der Waals surface area contributed by atoms with E-state index in [-0.39, 0.29) is 18.1 Å². The van der Waals surface area contributed by atoms with Crippen LogP contribution in [-0.2, 0) is 11.2 Å². The summed E-state index contributed by atoms with van der Waals surface area (Å²) in [6.07, 6.45) is 6.91. The molecule has 2 aliphatic heterocycles. The fraction of sp³-hybridized carbons (Fsp3) is 0.409. The molecule has 152 valence electrons. The first kappa shape index (κ1) is 19.4. The number of piperidine rings is 1. The zero-order chi connectivity index (χ0) is 20.4. The Morgan fingerprint density at radius 3 is 2.97 bits per heavy atom. The Hall–Kier alpha value is -2.93. The normalized spacial score (nSPS) is 21.3. The van der Waals surface area contributed by atoms with Crippen molar-refractivity contribution < 1.29 is 14.3 Å². The number of likely N-dealkylation sites (tertiary alicyclic amines) is 1. The number of ether oxygens (including phenoxy) is 1. The summed E-state index contributed by atoms with van der Waals surface area (Å²) < 4.78 is 6.19. The lowest BCUT2D eigenvalue weighted by Crippen LogP contribution is -2.49. The van der Waals surface area contributed by atoms with Crippen molar-refractivity contribution >= 4 is 11.8 Å². The van der Waals surface area contributed by atoms with Crippen molar-refractivity contribution in [3.63, 3.8) is 0 Å². The highest BCUT2D eigenvalue weighted by atomic mass is 16.5. The quantitative estimate of drug-likeness (QED) is 0.805. The summed E-state index contributed by atoms with van der Waals surface area (Å²) in [5.74, 6) is 0.344. The van der Waals surface area contributed by atoms with Crippen LogP contribution in [0.3, 0.4) is 0 Å². The minimum absolute atomic E-state index is 0.0503. The lowest BCUT2D eigenvalue weighted by molar-refractivity contribution is -0.127. The van der Waals surface area contributed by atoms with Crippen LogP contribution in [0.1, 0.15) is 35.2 Å². The standard InChI is InChI=1S/C22H26N4O3/c1-26-8-3-2-7-19(26)22(28)25-13-17-10-14-5-4-6-18(20(14)29-17)15-9-16(21(23)27)12-24-11-15/h4-6,9,11-12,17,19H,2-3,7-8,10,13H2,1H3,(H2,23,27)(H,25,28)/t17-,19-/m0/s1. The number of carbonyl (C=O) groups excluding carboxylic acids is 2. The molecule has 0 spiro atoms. The average Bonchev–Trinajstić information content (AvgIpc) is 3.15. The van der Waals surface area contributed by atoms with E-state index in [4.69, 9.17) is 10.5 Å². The molecule has 4 rings (SSSR count). The third-order valence-electron chi connectivity index (χ3n) is 5.74. The second-order valence-corrected chi connectivity index (χ2v) is 7.80. The van der Waals surface area contributed by atoms with Crippen LogP contribution in [0.25, 0.3) is 11.1 Å². The minimum atomic E-state index is -0.513. The second-order valence-electron chi connectivity index (χ2n) is 7.80. The maximum Gasteiger partial charge on any atom is 0.250 e. The Morgan fingerprint density at radius 2 is 2.17 bits per heavy atom. The number of para-hydroxylation sites is 1. The number of aromatic nitrogens is 1. The SMILES string of the molecule is CN1CCCC[C@H]1C(=O)NC[C@@H]1Cc2cccc(-c3cncc(C(N)=O)c3)c2O1. The summed E-state index contributed by atoms with van der Waals surface area (Å²) in [7, 11) is 2.01. The van der Waals surface area contributed by atoms with E-state index in [1.165, 1.54) is 6.20 Å². The van der Waals surface area contributed by atoms with Gasteiger partial charge in [-0.05, 0) is 38.1 Å². The van der Waals surface area contributed by atoms with Crippen LogP contribution in [0.5, 0.6) is 5.75 Å². The molecule has 2 atom stereocenters. The number of nitrogens with one attached hydrogen (secondary N) is 1. The first-order valence-electron chi connectivity index (χ1n) is 10.0. The molecule has 1 aromatic heterocycles. The largest absolute Gasteiger partial charge is 0.487 e. The smallest absolute Gasteiger partial charge is 0.250 e. The number of hydrogen-bond donors (Lipinski definition) is 2. The Bertz CT molecular complexity index is 930. The van der Waals surface area contributed by atoms with E-state index in [1.807, 2.05) is 25.2 Å². The number of likely N-dealkylation sites (N-methyl/N-ethyl adjacent to an activating group) is 1. The Labute approximate surface area is 170 Å². The molecule has 3 N–H and O–H groups in total. The molecule has 0 saturated carbocycles. The summed E-state index contributed by atoms with van der Waals surface area (Å²) in [5, 5.41) is 3.06. The molecule has 1 saturated heterocycles. The van der Waals surface area contributed by atoms with Gasteiger partial charge in [0.2, 0.25) is 11.8 Å². The molecule has 2 amide bonds. The summed E-state index contributed by atoms with van der Waals surface area (Å²) in [4.78, 5) is 30.3. The van der Waals surface area contributed by atoms with Gasteiger partial charge in [-0.25, -0.2) is 0 Å². The molecule has 0 unspecified atom stereocenters. The molecule has 7 nitrogen and oxygen atoms in total. The maximum absolute atomic E-state index is 12.6. The fourth-order valence-electron chi connectivity index (χ4n) is 4.14. The van der Waals surface area contributed by atoms with E-state index >= 15 is 0 Å². The summed E-state index contributed by atoms with van der Waals surface area (Å²) in [6, 6.07) is 7.61. The number of primary amides is 1. The average molecular weight is 394 g/mol. The van der Waals surface area contributed by atoms with Gasteiger partial charge in [0.25, 0.3) is 0 Å². The van der Waals surface area contributed by atoms with Gasteiger partial charge in [0.15, 0.2) is 0 Å². The van der Waals surface area contributed by atoms with Crippen molar-refractivity contribution in [2.24, 2.45) is 5.73 Å². The van der Waals surface area contributed by atoms with Crippen molar-refractivity contribution in [2.45, 2.75) is 37.8 Å². The molecule has 0 radical (unpaired) electrons. The van der Waals surface area contributed by atoms with E-state index in [9.17, 15) is 9.59 Å². The summed E-state index contributed by atoms with van der Waals surface area (Å²) >= 11 is 0. The van der Waals surface area contributed by atoms with Crippen LogP contribution in [0.4, 0.5) is 0 Å². The maximum atomic E-state index is 12.6. The lowest BCUT2D eigenvalue weighted by atomic mass is 10.0. The Kier molecular flexibility index (Phi) is 5.49. The van der Waals surface area contributed by atoms with Crippen molar-refractivity contribution in [3.05, 3.63) is 47.8 Å². The van der Waals surface area contributed by atoms with E-state index in [2.05, 4.69) is 15.2 Å². The number of hydrogen-bond acceptors (Lipinski definition) is 5. The number of benzene rings is 1. The molecule has 2 aromatic rings. The van der Waals surface area contributed by atoms with Crippen LogP contribution in [0.2, 0.25) is 0 Å². The van der Waals surface area contributed by atoms with Gasteiger partial charge >= 0.3 is 0 Å². The molecular formula is C22H26N4O3. The lowest BCUT2D eigenvalue weighted by Gasteiger charge is -2.31. The van der Waals surface area contributed by atoms with Crippen LogP contribution in [0, 0.1) is 0 Å². The highest BCUT2D eigenvalue weighted by Gasteiger charge is 2.29. The van der Waals surface area contributed by atoms with E-state index < -0.39 is 5.91 Å². The van der Waals surface area contributed by atoms with Gasteiger partial charge in [-0.2, -0.15) is 0 Å². The molecule has 2 aliphatic rings. The van der Waals surface area contributed by atoms with Crippen molar-refractivity contribution in [1.82, 2.24) is 15.2 Å². The van der Waals surface area contributed by atoms with Gasteiger partial charge < -0.3 is 15.8 Å². The predicted octanol–water partition coefficient (Wildman–Crippen LogP) is 1.75. The van der Waals surface area contributed by atoms with Crippen LogP contribution in [-0.4, -0.2) is 54.0 Å². The minimum Gasteiger partial charge on any atom is -0.487 e. The van der Waals surface area contributed by atoms with Crippen molar-refractivity contribution in [1.29, 1.82) is 0 Å². The van der Waals surface area contributed by atoms with Gasteiger partial charge in [-0.15, -0.1) is 0 Å². The third-order valence-corrected chi connectivity index (χ3v) is 5.74. The third kappa shape index (κ3) is 4.10. The van der Waals surface area contributed by atoms with Crippen LogP contribution >= 0.6 is 0 Å². The number of carbonyl (C=O) groups is 2. The van der Waals surface area contributed by atoms with Gasteiger partial charge in [-0.3, -0.25) is 19.5 Å². The molecular weight excluding hydrogens is 368 g/mol. The second kappa shape index (κ2) is 8.21. The van der Waals surface area contributed by atoms with Gasteiger partial charge in [-0.1, -0.05) is 24.6 Å². The first-order chi connectivity index (χ1) is 14.0. The monoisotopic (exact) mass is 394 g/mol. The Balaban J connectivity index is 1.45. The summed E-state index contributed by atoms with van der Waals surface area (Å²) in [6.45, 7) is 1.43. The van der Waals surface area contributed by atoms with Gasteiger partial charge in [0.05, 0.1) is 18.2 Å². The number of fused-ring (bicyclic) bond motifs is 1. The van der Waals surface area contributed by atoms with Crippen LogP contribution < -0.4 is 15.8 Å². The van der Waals surface area contributed by atoms with E-state index in [0.717, 1.165) is 54.7 Å². The summed E-state index contributed by atoms with van der Waals surface area (Å²) in [5.41, 5.74) is 8.48. The number of nitrogens with zero attached hydrogens (tertiary/aromatic N) is 2. The van der Waals surface area contributed by atoms with Gasteiger partial charge in [0, 0.05) is 29.9 Å². The molecule has 3 heterocycles.